The first kappa shape index (κ1) is 54.5. The lowest BCUT2D eigenvalue weighted by atomic mass is 9.72. The van der Waals surface area contributed by atoms with Crippen molar-refractivity contribution in [2.24, 2.45) is 0 Å². The molecular weight excluding hydrogens is 1060 g/mol. The second-order valence-electron chi connectivity index (χ2n) is 26.4. The molecule has 0 saturated carbocycles. The van der Waals surface area contributed by atoms with Crippen molar-refractivity contribution in [2.45, 2.75) is 128 Å². The highest BCUT2D eigenvalue weighted by molar-refractivity contribution is 5.96. The fourth-order valence-electron chi connectivity index (χ4n) is 18.2. The van der Waals surface area contributed by atoms with Gasteiger partial charge in [-0.1, -0.05) is 225 Å². The first-order valence-corrected chi connectivity index (χ1v) is 33.3. The lowest BCUT2D eigenvalue weighted by Crippen LogP contribution is -2.23. The minimum atomic E-state index is -0.0901. The maximum Gasteiger partial charge on any atom is 0.0210 e. The van der Waals surface area contributed by atoms with Gasteiger partial charge in [-0.2, -0.15) is 0 Å². The van der Waals surface area contributed by atoms with E-state index in [1.54, 1.807) is 0 Å². The summed E-state index contributed by atoms with van der Waals surface area (Å²) in [4.78, 5) is 0. The van der Waals surface area contributed by atoms with Crippen LogP contribution in [0.25, 0.3) is 122 Å². The first-order valence-electron chi connectivity index (χ1n) is 33.3. The van der Waals surface area contributed by atoms with Gasteiger partial charge in [-0.15, -0.1) is 0 Å². The van der Waals surface area contributed by atoms with Crippen molar-refractivity contribution in [1.82, 2.24) is 0 Å². The van der Waals surface area contributed by atoms with Crippen LogP contribution in [0.3, 0.4) is 0 Å². The van der Waals surface area contributed by atoms with Gasteiger partial charge in [0, 0.05) is 21.7 Å². The molecular formula is C88H78. The van der Waals surface area contributed by atoms with Crippen LogP contribution in [0.4, 0.5) is 0 Å². The maximum absolute atomic E-state index is 2.58. The van der Waals surface area contributed by atoms with Crippen LogP contribution in [0.2, 0.25) is 0 Å². The van der Waals surface area contributed by atoms with Crippen LogP contribution in [0, 0.1) is 0 Å². The monoisotopic (exact) mass is 1130 g/mol. The molecule has 0 heterocycles. The third-order valence-electron chi connectivity index (χ3n) is 23.4. The number of benzene rings is 12. The number of fused-ring (bicyclic) bond motifs is 14. The Bertz CT molecular complexity index is 4850. The molecule has 0 spiro atoms. The summed E-state index contributed by atoms with van der Waals surface area (Å²) in [6, 6.07) is 90.4. The van der Waals surface area contributed by atoms with E-state index < -0.39 is 0 Å². The predicted molar refractivity (Wildman–Crippen MR) is 376 cm³/mol. The zero-order valence-electron chi connectivity index (χ0n) is 52.6. The lowest BCUT2D eigenvalue weighted by molar-refractivity contribution is 0.490. The molecule has 88 heavy (non-hydrogen) atoms. The van der Waals surface area contributed by atoms with Gasteiger partial charge < -0.3 is 0 Å². The fourth-order valence-corrected chi connectivity index (χ4v) is 18.2. The van der Waals surface area contributed by atoms with Gasteiger partial charge in [0.2, 0.25) is 0 Å². The minimum Gasteiger partial charge on any atom is -0.0642 e. The SMILES string of the molecule is CCC1(CC)c2ccccc2-c2ccc(-c3ccc4c(c3)C(CC)(CC)c3cc(-c5ccc6c(c5)C(CC)(CC)c5cc(-c7ccc8c(c7)C(CC)(CC)c7cc(-c9ccc%10cc(-c%11ccc%12ccccc%12c%11)ccc%10c9)ccc7-8)ccc5-6)ccc3-4)cc21. The average Bonchev–Trinajstić information content (AvgIpc) is 1.79. The van der Waals surface area contributed by atoms with E-state index in [2.05, 4.69) is 286 Å². The minimum absolute atomic E-state index is 0.0494. The van der Waals surface area contributed by atoms with E-state index in [0.29, 0.717) is 0 Å². The highest BCUT2D eigenvalue weighted by Crippen LogP contribution is 2.60. The quantitative estimate of drug-likeness (QED) is 0.108. The Hall–Kier alpha value is -8.84. The Morgan fingerprint density at radius 3 is 0.648 bits per heavy atom. The smallest absolute Gasteiger partial charge is 0.0210 e. The van der Waals surface area contributed by atoms with Crippen molar-refractivity contribution in [3.05, 3.63) is 275 Å². The van der Waals surface area contributed by atoms with Gasteiger partial charge in [-0.25, -0.2) is 0 Å². The largest absolute Gasteiger partial charge is 0.0642 e. The molecule has 0 aliphatic heterocycles. The first-order chi connectivity index (χ1) is 43.1. The molecule has 0 bridgehead atoms. The van der Waals surface area contributed by atoms with Gasteiger partial charge in [0.15, 0.2) is 0 Å². The molecule has 0 amide bonds. The van der Waals surface area contributed by atoms with E-state index in [9.17, 15) is 0 Å². The maximum atomic E-state index is 2.58. The molecule has 0 aromatic heterocycles. The second-order valence-corrected chi connectivity index (χ2v) is 26.4. The van der Waals surface area contributed by atoms with Gasteiger partial charge in [0.05, 0.1) is 0 Å². The van der Waals surface area contributed by atoms with Crippen molar-refractivity contribution in [3.63, 3.8) is 0 Å². The average molecular weight is 1140 g/mol. The molecule has 4 aliphatic carbocycles. The molecule has 0 nitrogen and oxygen atoms in total. The zero-order valence-corrected chi connectivity index (χ0v) is 52.6. The van der Waals surface area contributed by atoms with E-state index in [1.807, 2.05) is 0 Å². The molecule has 0 N–H and O–H groups in total. The molecule has 0 radical (unpaired) electrons. The third-order valence-corrected chi connectivity index (χ3v) is 23.4. The second kappa shape index (κ2) is 20.4. The number of hydrogen-bond donors (Lipinski definition) is 0. The molecule has 0 atom stereocenters. The van der Waals surface area contributed by atoms with E-state index in [1.165, 1.54) is 166 Å². The molecule has 4 aliphatic rings. The van der Waals surface area contributed by atoms with E-state index in [0.717, 1.165) is 51.4 Å². The molecule has 430 valence electrons. The molecule has 16 rings (SSSR count). The van der Waals surface area contributed by atoms with E-state index >= 15 is 0 Å². The van der Waals surface area contributed by atoms with Gasteiger partial charge in [0.1, 0.15) is 0 Å². The summed E-state index contributed by atoms with van der Waals surface area (Å²) in [5.41, 5.74) is 35.8. The Kier molecular flexibility index (Phi) is 12.6. The molecule has 0 heteroatoms. The summed E-state index contributed by atoms with van der Waals surface area (Å²) in [5.74, 6) is 0. The Morgan fingerprint density at radius 2 is 0.364 bits per heavy atom. The van der Waals surface area contributed by atoms with Crippen molar-refractivity contribution in [2.75, 3.05) is 0 Å². The number of rotatable bonds is 13. The highest BCUT2D eigenvalue weighted by atomic mass is 14.5. The van der Waals surface area contributed by atoms with Crippen molar-refractivity contribution in [3.8, 4) is 100 Å². The summed E-state index contributed by atoms with van der Waals surface area (Å²) in [5, 5.41) is 5.08. The van der Waals surface area contributed by atoms with Gasteiger partial charge in [0.25, 0.3) is 0 Å². The lowest BCUT2D eigenvalue weighted by Gasteiger charge is -2.31. The normalized spacial score (nSPS) is 15.3. The third kappa shape index (κ3) is 7.57. The Morgan fingerprint density at radius 1 is 0.170 bits per heavy atom. The van der Waals surface area contributed by atoms with Crippen LogP contribution in [-0.4, -0.2) is 0 Å². The van der Waals surface area contributed by atoms with Crippen LogP contribution in [0.1, 0.15) is 151 Å². The van der Waals surface area contributed by atoms with Gasteiger partial charge in [-0.3, -0.25) is 0 Å². The van der Waals surface area contributed by atoms with Gasteiger partial charge >= 0.3 is 0 Å². The van der Waals surface area contributed by atoms with E-state index in [-0.39, 0.29) is 21.7 Å². The topological polar surface area (TPSA) is 0 Å². The summed E-state index contributed by atoms with van der Waals surface area (Å²) in [6.45, 7) is 19.2. The zero-order chi connectivity index (χ0) is 59.8. The standard InChI is InChI=1S/C88H78/c1-9-85(10-2)77-24-20-19-23-69(77)70-38-32-63(49-78(70)85)64-33-40-73-74-42-36-67(53-82(74)87(13-5,14-6)81(73)50-64)68-37-44-76-75-43-35-66(52-83(75)88(15-7,16-8)84(76)54-68)65-34-41-72-71-39-31-62(48-79(71)86(11-3,12-4)80(72)51-65)61-30-29-59-46-58(27-28-60(59)47-61)57-26-25-55-21-17-18-22-56(55)45-57/h17-54H,9-16H2,1-8H3. The summed E-state index contributed by atoms with van der Waals surface area (Å²) in [6.07, 6.45) is 8.48. The summed E-state index contributed by atoms with van der Waals surface area (Å²) < 4.78 is 0. The van der Waals surface area contributed by atoms with Gasteiger partial charge in [-0.05, 0) is 278 Å². The summed E-state index contributed by atoms with van der Waals surface area (Å²) >= 11 is 0. The molecule has 0 fully saturated rings. The van der Waals surface area contributed by atoms with Crippen LogP contribution < -0.4 is 0 Å². The number of hydrogen-bond acceptors (Lipinski definition) is 0. The fraction of sp³-hybridized carbons (Fsp3) is 0.227. The Balaban J connectivity index is 0.698. The molecule has 0 unspecified atom stereocenters. The molecule has 12 aromatic rings. The Labute approximate surface area is 522 Å². The predicted octanol–water partition coefficient (Wildman–Crippen LogP) is 24.7. The van der Waals surface area contributed by atoms with Crippen LogP contribution in [-0.2, 0) is 21.7 Å². The molecule has 12 aromatic carbocycles. The van der Waals surface area contributed by atoms with Crippen molar-refractivity contribution >= 4 is 21.5 Å². The summed E-state index contributed by atoms with van der Waals surface area (Å²) in [7, 11) is 0. The van der Waals surface area contributed by atoms with Crippen LogP contribution in [0.5, 0.6) is 0 Å². The molecule has 0 saturated heterocycles. The van der Waals surface area contributed by atoms with Crippen molar-refractivity contribution in [1.29, 1.82) is 0 Å². The van der Waals surface area contributed by atoms with Crippen LogP contribution >= 0.6 is 0 Å². The van der Waals surface area contributed by atoms with Crippen LogP contribution in [0.15, 0.2) is 231 Å². The van der Waals surface area contributed by atoms with E-state index in [4.69, 9.17) is 0 Å². The van der Waals surface area contributed by atoms with Crippen molar-refractivity contribution < 1.29 is 0 Å². The highest BCUT2D eigenvalue weighted by Gasteiger charge is 2.45.